The number of likely N-dealkylation sites (tertiary alicyclic amines) is 2. The molecule has 0 radical (unpaired) electrons. The van der Waals surface area contributed by atoms with Gasteiger partial charge in [0.05, 0.1) is 0 Å². The maximum absolute atomic E-state index is 12.7. The molecule has 0 N–H and O–H groups in total. The standard InChI is InChI=1S/C17H23ClN2O/c1-13-5-6-14(11-15(13)18)12-20-10-4-8-17(20)7-3-9-19(2)16(17)21/h5-6,11H,3-4,7-10,12H2,1-2H3. The van der Waals surface area contributed by atoms with Gasteiger partial charge in [0.1, 0.15) is 5.54 Å². The number of nitrogens with zero attached hydrogens (tertiary/aromatic N) is 2. The van der Waals surface area contributed by atoms with Crippen LogP contribution in [0.15, 0.2) is 18.2 Å². The Hall–Kier alpha value is -1.06. The maximum atomic E-state index is 12.7. The number of carbonyl (C=O) groups excluding carboxylic acids is 1. The van der Waals surface area contributed by atoms with Crippen LogP contribution in [0.1, 0.15) is 36.8 Å². The minimum absolute atomic E-state index is 0.260. The second-order valence-corrected chi connectivity index (χ2v) is 6.88. The van der Waals surface area contributed by atoms with Gasteiger partial charge < -0.3 is 4.90 Å². The molecule has 1 unspecified atom stereocenters. The summed E-state index contributed by atoms with van der Waals surface area (Å²) in [5, 5.41) is 0.813. The molecule has 3 nitrogen and oxygen atoms in total. The van der Waals surface area contributed by atoms with Gasteiger partial charge in [0.2, 0.25) is 5.91 Å². The van der Waals surface area contributed by atoms with E-state index in [9.17, 15) is 4.79 Å². The van der Waals surface area contributed by atoms with Gasteiger partial charge in [0.15, 0.2) is 0 Å². The van der Waals surface area contributed by atoms with Crippen LogP contribution in [0.25, 0.3) is 0 Å². The molecular weight excluding hydrogens is 284 g/mol. The number of benzene rings is 1. The summed E-state index contributed by atoms with van der Waals surface area (Å²) < 4.78 is 0. The first-order valence-corrected chi connectivity index (χ1v) is 8.16. The van der Waals surface area contributed by atoms with Gasteiger partial charge in [-0.15, -0.1) is 0 Å². The molecule has 4 heteroatoms. The van der Waals surface area contributed by atoms with E-state index >= 15 is 0 Å². The monoisotopic (exact) mass is 306 g/mol. The van der Waals surface area contributed by atoms with E-state index in [0.29, 0.717) is 5.91 Å². The Morgan fingerprint density at radius 2 is 1.95 bits per heavy atom. The van der Waals surface area contributed by atoms with Crippen molar-refractivity contribution < 1.29 is 4.79 Å². The summed E-state index contributed by atoms with van der Waals surface area (Å²) in [4.78, 5) is 17.0. The summed E-state index contributed by atoms with van der Waals surface area (Å²) in [6.45, 7) is 4.73. The Bertz CT molecular complexity index is 560. The van der Waals surface area contributed by atoms with Gasteiger partial charge >= 0.3 is 0 Å². The first-order valence-electron chi connectivity index (χ1n) is 7.78. The molecule has 1 amide bonds. The van der Waals surface area contributed by atoms with E-state index < -0.39 is 0 Å². The predicted molar refractivity (Wildman–Crippen MR) is 85.4 cm³/mol. The Balaban J connectivity index is 1.83. The lowest BCUT2D eigenvalue weighted by molar-refractivity contribution is -0.146. The number of likely N-dealkylation sites (N-methyl/N-ethyl adjacent to an activating group) is 1. The Kier molecular flexibility index (Phi) is 3.98. The molecule has 114 valence electrons. The summed E-state index contributed by atoms with van der Waals surface area (Å²) in [6, 6.07) is 6.24. The zero-order valence-electron chi connectivity index (χ0n) is 12.9. The van der Waals surface area contributed by atoms with Crippen LogP contribution < -0.4 is 0 Å². The van der Waals surface area contributed by atoms with Gasteiger partial charge in [0, 0.05) is 25.2 Å². The lowest BCUT2D eigenvalue weighted by Gasteiger charge is -2.43. The molecule has 21 heavy (non-hydrogen) atoms. The van der Waals surface area contributed by atoms with Crippen LogP contribution in [-0.2, 0) is 11.3 Å². The summed E-state index contributed by atoms with van der Waals surface area (Å²) in [6.07, 6.45) is 4.21. The number of rotatable bonds is 2. The maximum Gasteiger partial charge on any atom is 0.242 e. The number of amides is 1. The molecule has 2 aliphatic rings. The van der Waals surface area contributed by atoms with Gasteiger partial charge in [-0.25, -0.2) is 0 Å². The third-order valence-electron chi connectivity index (χ3n) is 5.06. The second kappa shape index (κ2) is 5.62. The lowest BCUT2D eigenvalue weighted by atomic mass is 9.85. The normalized spacial score (nSPS) is 26.8. The molecule has 0 aliphatic carbocycles. The average molecular weight is 307 g/mol. The number of halogens is 1. The molecular formula is C17H23ClN2O. The number of carbonyl (C=O) groups is 1. The molecule has 0 bridgehead atoms. The highest BCUT2D eigenvalue weighted by Gasteiger charge is 2.49. The highest BCUT2D eigenvalue weighted by atomic mass is 35.5. The number of aryl methyl sites for hydroxylation is 1. The third-order valence-corrected chi connectivity index (χ3v) is 5.47. The Labute approximate surface area is 131 Å². The van der Waals surface area contributed by atoms with E-state index in [4.69, 9.17) is 11.6 Å². The molecule has 3 rings (SSSR count). The van der Waals surface area contributed by atoms with E-state index in [0.717, 1.165) is 55.9 Å². The molecule has 1 atom stereocenters. The summed E-state index contributed by atoms with van der Waals surface area (Å²) in [5.41, 5.74) is 2.04. The predicted octanol–water partition coefficient (Wildman–Crippen LogP) is 3.24. The van der Waals surface area contributed by atoms with E-state index in [1.807, 2.05) is 24.9 Å². The zero-order chi connectivity index (χ0) is 15.0. The molecule has 2 heterocycles. The van der Waals surface area contributed by atoms with Gasteiger partial charge in [0.25, 0.3) is 0 Å². The second-order valence-electron chi connectivity index (χ2n) is 6.47. The fourth-order valence-corrected chi connectivity index (χ4v) is 4.02. The minimum Gasteiger partial charge on any atom is -0.344 e. The molecule has 0 aromatic heterocycles. The van der Waals surface area contributed by atoms with Crippen molar-refractivity contribution in [3.63, 3.8) is 0 Å². The Morgan fingerprint density at radius 1 is 1.24 bits per heavy atom. The van der Waals surface area contributed by atoms with Crippen molar-refractivity contribution in [2.45, 2.75) is 44.7 Å². The number of hydrogen-bond donors (Lipinski definition) is 0. The first kappa shape index (κ1) is 14.9. The quantitative estimate of drug-likeness (QED) is 0.837. The van der Waals surface area contributed by atoms with Crippen LogP contribution in [0.2, 0.25) is 5.02 Å². The molecule has 1 spiro atoms. The van der Waals surface area contributed by atoms with Gasteiger partial charge in [-0.1, -0.05) is 23.7 Å². The Morgan fingerprint density at radius 3 is 2.67 bits per heavy atom. The highest BCUT2D eigenvalue weighted by molar-refractivity contribution is 6.31. The largest absolute Gasteiger partial charge is 0.344 e. The van der Waals surface area contributed by atoms with Crippen LogP contribution in [0.3, 0.4) is 0 Å². The molecule has 2 fully saturated rings. The van der Waals surface area contributed by atoms with Crippen molar-refractivity contribution >= 4 is 17.5 Å². The fraction of sp³-hybridized carbons (Fsp3) is 0.588. The van der Waals surface area contributed by atoms with Gasteiger partial charge in [-0.05, 0) is 56.3 Å². The smallest absolute Gasteiger partial charge is 0.242 e. The SMILES string of the molecule is Cc1ccc(CN2CCCC23CCCN(C)C3=O)cc1Cl. The van der Waals surface area contributed by atoms with E-state index in [2.05, 4.69) is 17.0 Å². The number of piperidine rings is 1. The minimum atomic E-state index is -0.260. The summed E-state index contributed by atoms with van der Waals surface area (Å²) >= 11 is 6.23. The van der Waals surface area contributed by atoms with Crippen LogP contribution in [-0.4, -0.2) is 41.4 Å². The van der Waals surface area contributed by atoms with E-state index in [1.165, 1.54) is 5.56 Å². The molecule has 1 aromatic carbocycles. The summed E-state index contributed by atoms with van der Waals surface area (Å²) in [7, 11) is 1.93. The lowest BCUT2D eigenvalue weighted by Crippen LogP contribution is -2.58. The van der Waals surface area contributed by atoms with Crippen molar-refractivity contribution in [3.05, 3.63) is 34.3 Å². The fourth-order valence-electron chi connectivity index (χ4n) is 3.82. The zero-order valence-corrected chi connectivity index (χ0v) is 13.6. The topological polar surface area (TPSA) is 23.6 Å². The highest BCUT2D eigenvalue weighted by Crippen LogP contribution is 2.38. The van der Waals surface area contributed by atoms with Crippen molar-refractivity contribution in [1.82, 2.24) is 9.80 Å². The molecule has 1 aromatic rings. The average Bonchev–Trinajstić information content (AvgIpc) is 2.84. The molecule has 0 saturated carbocycles. The first-order chi connectivity index (χ1) is 10.0. The summed E-state index contributed by atoms with van der Waals surface area (Å²) in [5.74, 6) is 0.310. The van der Waals surface area contributed by atoms with Crippen LogP contribution in [0.5, 0.6) is 0 Å². The molecule has 2 aliphatic heterocycles. The number of hydrogen-bond acceptors (Lipinski definition) is 2. The van der Waals surface area contributed by atoms with Crippen molar-refractivity contribution in [1.29, 1.82) is 0 Å². The van der Waals surface area contributed by atoms with Crippen molar-refractivity contribution in [2.75, 3.05) is 20.1 Å². The van der Waals surface area contributed by atoms with Gasteiger partial charge in [-0.3, -0.25) is 9.69 Å². The van der Waals surface area contributed by atoms with Gasteiger partial charge in [-0.2, -0.15) is 0 Å². The van der Waals surface area contributed by atoms with E-state index in [1.54, 1.807) is 0 Å². The molecule has 2 saturated heterocycles. The van der Waals surface area contributed by atoms with E-state index in [-0.39, 0.29) is 5.54 Å². The third kappa shape index (κ3) is 2.58. The van der Waals surface area contributed by atoms with Crippen LogP contribution >= 0.6 is 11.6 Å². The van der Waals surface area contributed by atoms with Crippen molar-refractivity contribution in [3.8, 4) is 0 Å². The van der Waals surface area contributed by atoms with Crippen molar-refractivity contribution in [2.24, 2.45) is 0 Å². The van der Waals surface area contributed by atoms with Crippen LogP contribution in [0.4, 0.5) is 0 Å². The van der Waals surface area contributed by atoms with Crippen LogP contribution in [0, 0.1) is 6.92 Å².